The molecule has 0 unspecified atom stereocenters. The van der Waals surface area contributed by atoms with Crippen molar-refractivity contribution in [3.63, 3.8) is 0 Å². The van der Waals surface area contributed by atoms with Gasteiger partial charge in [-0.05, 0) is 12.1 Å². The Labute approximate surface area is 81.2 Å². The first-order valence-corrected chi connectivity index (χ1v) is 4.45. The molecule has 1 aromatic carbocycles. The van der Waals surface area contributed by atoms with Crippen LogP contribution in [-0.2, 0) is 0 Å². The Balaban J connectivity index is 2.52. The van der Waals surface area contributed by atoms with Gasteiger partial charge in [0.25, 0.3) is 0 Å². The zero-order chi connectivity index (χ0) is 9.38. The van der Waals surface area contributed by atoms with Crippen LogP contribution in [0.4, 0.5) is 0 Å². The highest BCUT2D eigenvalue weighted by molar-refractivity contribution is 5.91. The number of aromatic nitrogens is 2. The number of rotatable bonds is 0. The third-order valence-electron chi connectivity index (χ3n) is 2.21. The molecule has 0 atom stereocenters. The summed E-state index contributed by atoms with van der Waals surface area (Å²) in [6.07, 6.45) is 3.52. The topological polar surface area (TPSA) is 25.8 Å². The van der Waals surface area contributed by atoms with E-state index in [1.165, 1.54) is 0 Å². The van der Waals surface area contributed by atoms with Gasteiger partial charge in [0, 0.05) is 23.0 Å². The van der Waals surface area contributed by atoms with Gasteiger partial charge in [0.05, 0.1) is 17.2 Å². The van der Waals surface area contributed by atoms with Gasteiger partial charge in [0.15, 0.2) is 0 Å². The molecule has 2 aromatic heterocycles. The summed E-state index contributed by atoms with van der Waals surface area (Å²) in [5.41, 5.74) is 1.86. The summed E-state index contributed by atoms with van der Waals surface area (Å²) in [7, 11) is 0. The summed E-state index contributed by atoms with van der Waals surface area (Å²) in [4.78, 5) is 8.52. The number of para-hydroxylation sites is 1. The van der Waals surface area contributed by atoms with E-state index in [-0.39, 0.29) is 0 Å². The lowest BCUT2D eigenvalue weighted by atomic mass is 10.1. The predicted molar refractivity (Wildman–Crippen MR) is 55.9 cm³/mol. The highest BCUT2D eigenvalue weighted by Gasteiger charge is 1.97. The van der Waals surface area contributed by atoms with E-state index >= 15 is 0 Å². The summed E-state index contributed by atoms with van der Waals surface area (Å²) >= 11 is 0. The van der Waals surface area contributed by atoms with Crippen molar-refractivity contribution in [1.29, 1.82) is 0 Å². The quantitative estimate of drug-likeness (QED) is 0.496. The van der Waals surface area contributed by atoms with Crippen molar-refractivity contribution in [3.05, 3.63) is 48.8 Å². The minimum Gasteiger partial charge on any atom is -0.262 e. The normalized spacial score (nSPS) is 10.9. The summed E-state index contributed by atoms with van der Waals surface area (Å²) in [5.74, 6) is 0. The second-order valence-electron chi connectivity index (χ2n) is 3.15. The van der Waals surface area contributed by atoms with Crippen molar-refractivity contribution in [3.8, 4) is 0 Å². The first-order valence-electron chi connectivity index (χ1n) is 4.45. The molecule has 3 aromatic rings. The Bertz CT molecular complexity index is 497. The van der Waals surface area contributed by atoms with Crippen LogP contribution in [0.15, 0.2) is 42.7 Å². The van der Waals surface area contributed by atoms with Crippen LogP contribution in [0.2, 0.25) is 0 Å². The molecule has 1 radical (unpaired) electrons. The van der Waals surface area contributed by atoms with Crippen molar-refractivity contribution in [2.45, 2.75) is 0 Å². The summed E-state index contributed by atoms with van der Waals surface area (Å²) in [5, 5.41) is 2.06. The molecule has 0 N–H and O–H groups in total. The fraction of sp³-hybridized carbons (Fsp3) is 0. The van der Waals surface area contributed by atoms with Crippen molar-refractivity contribution in [1.82, 2.24) is 9.97 Å². The molecule has 14 heavy (non-hydrogen) atoms. The Morgan fingerprint density at radius 1 is 0.929 bits per heavy atom. The molecule has 0 aliphatic heterocycles. The fourth-order valence-electron chi connectivity index (χ4n) is 1.53. The minimum absolute atomic E-state index is 0.895. The van der Waals surface area contributed by atoms with Crippen molar-refractivity contribution >= 4 is 21.8 Å². The third-order valence-corrected chi connectivity index (χ3v) is 2.21. The molecule has 3 rings (SSSR count). The van der Waals surface area contributed by atoms with Crippen LogP contribution in [0.5, 0.6) is 0 Å². The third kappa shape index (κ3) is 1.04. The highest BCUT2D eigenvalue weighted by Crippen LogP contribution is 2.16. The van der Waals surface area contributed by atoms with Crippen molar-refractivity contribution in [2.24, 2.45) is 0 Å². The number of benzene rings is 1. The average molecular weight is 179 g/mol. The number of pyridine rings is 2. The van der Waals surface area contributed by atoms with Gasteiger partial charge in [-0.3, -0.25) is 4.98 Å². The second-order valence-corrected chi connectivity index (χ2v) is 3.15. The maximum Gasteiger partial charge on any atom is 0.0899 e. The Kier molecular flexibility index (Phi) is 1.47. The van der Waals surface area contributed by atoms with E-state index in [4.69, 9.17) is 0 Å². The minimum atomic E-state index is 0.895. The summed E-state index contributed by atoms with van der Waals surface area (Å²) in [6.45, 7) is 0. The van der Waals surface area contributed by atoms with E-state index in [0.29, 0.717) is 0 Å². The van der Waals surface area contributed by atoms with Gasteiger partial charge in [-0.25, -0.2) is 4.98 Å². The molecule has 0 fully saturated rings. The molecule has 0 saturated carbocycles. The van der Waals surface area contributed by atoms with Crippen LogP contribution in [0.25, 0.3) is 21.8 Å². The molecule has 0 aliphatic carbocycles. The molecule has 0 aliphatic rings. The van der Waals surface area contributed by atoms with Crippen LogP contribution in [0.3, 0.4) is 0 Å². The van der Waals surface area contributed by atoms with Gasteiger partial charge in [-0.2, -0.15) is 0 Å². The summed E-state index contributed by atoms with van der Waals surface area (Å²) in [6, 6.07) is 13.2. The number of hydrogen-bond acceptors (Lipinski definition) is 2. The molecule has 65 valence electrons. The van der Waals surface area contributed by atoms with Crippen LogP contribution in [0.1, 0.15) is 0 Å². The monoisotopic (exact) mass is 179 g/mol. The molecule has 2 nitrogen and oxygen atoms in total. The van der Waals surface area contributed by atoms with E-state index in [1.54, 1.807) is 12.4 Å². The van der Waals surface area contributed by atoms with Crippen molar-refractivity contribution < 1.29 is 0 Å². The molecule has 2 heteroatoms. The van der Waals surface area contributed by atoms with Gasteiger partial charge < -0.3 is 0 Å². The van der Waals surface area contributed by atoms with Gasteiger partial charge >= 0.3 is 0 Å². The predicted octanol–water partition coefficient (Wildman–Crippen LogP) is 2.58. The number of hydrogen-bond donors (Lipinski definition) is 0. The SMILES string of the molecule is [c]1c2ccccc2nc2cnccc12. The maximum atomic E-state index is 4.48. The molecular weight excluding hydrogens is 172 g/mol. The molecule has 2 heterocycles. The lowest BCUT2D eigenvalue weighted by Crippen LogP contribution is -1.82. The molecule has 0 saturated heterocycles. The Hall–Kier alpha value is -1.96. The molecule has 0 bridgehead atoms. The number of nitrogens with zero attached hydrogens (tertiary/aromatic N) is 2. The smallest absolute Gasteiger partial charge is 0.0899 e. The first kappa shape index (κ1) is 7.44. The second kappa shape index (κ2) is 2.77. The van der Waals surface area contributed by atoms with E-state index < -0.39 is 0 Å². The lowest BCUT2D eigenvalue weighted by Gasteiger charge is -1.98. The van der Waals surface area contributed by atoms with Crippen molar-refractivity contribution in [2.75, 3.05) is 0 Å². The fourth-order valence-corrected chi connectivity index (χ4v) is 1.53. The number of fused-ring (bicyclic) bond motifs is 2. The first-order chi connectivity index (χ1) is 6.93. The van der Waals surface area contributed by atoms with E-state index in [1.807, 2.05) is 30.3 Å². The largest absolute Gasteiger partial charge is 0.262 e. The lowest BCUT2D eigenvalue weighted by molar-refractivity contribution is 1.33. The van der Waals surface area contributed by atoms with E-state index in [9.17, 15) is 0 Å². The highest BCUT2D eigenvalue weighted by atomic mass is 14.7. The van der Waals surface area contributed by atoms with Gasteiger partial charge in [0.2, 0.25) is 0 Å². The summed E-state index contributed by atoms with van der Waals surface area (Å²) < 4.78 is 0. The van der Waals surface area contributed by atoms with Crippen LogP contribution < -0.4 is 0 Å². The maximum absolute atomic E-state index is 4.48. The molecule has 0 amide bonds. The molecular formula is C12H7N2. The standard InChI is InChI=1S/C12H7N2/c1-2-4-11-9(3-1)7-10-5-6-13-8-12(10)14-11/h1-6,8H. The van der Waals surface area contributed by atoms with Gasteiger partial charge in [-0.1, -0.05) is 18.2 Å². The Morgan fingerprint density at radius 3 is 2.79 bits per heavy atom. The molecule has 0 spiro atoms. The van der Waals surface area contributed by atoms with Crippen LogP contribution >= 0.6 is 0 Å². The Morgan fingerprint density at radius 2 is 1.79 bits per heavy atom. The van der Waals surface area contributed by atoms with Crippen LogP contribution in [-0.4, -0.2) is 9.97 Å². The van der Waals surface area contributed by atoms with Crippen LogP contribution in [0, 0.1) is 6.07 Å². The zero-order valence-electron chi connectivity index (χ0n) is 7.44. The van der Waals surface area contributed by atoms with E-state index in [0.717, 1.165) is 21.8 Å². The van der Waals surface area contributed by atoms with E-state index in [2.05, 4.69) is 16.0 Å². The zero-order valence-corrected chi connectivity index (χ0v) is 7.44. The average Bonchev–Trinajstić information content (AvgIpc) is 2.26. The van der Waals surface area contributed by atoms with Gasteiger partial charge in [0.1, 0.15) is 0 Å². The van der Waals surface area contributed by atoms with Gasteiger partial charge in [-0.15, -0.1) is 0 Å².